The second-order valence-electron chi connectivity index (χ2n) is 6.15. The molecule has 1 aliphatic carbocycles. The van der Waals surface area contributed by atoms with E-state index in [0.29, 0.717) is 29.3 Å². The third kappa shape index (κ3) is 2.38. The fourth-order valence-electron chi connectivity index (χ4n) is 3.10. The zero-order valence-electron chi connectivity index (χ0n) is 12.8. The molecule has 3 aromatic rings. The summed E-state index contributed by atoms with van der Waals surface area (Å²) in [5.74, 6) is -5.31. The molecular formula is C18H12F4N2O. The number of hydrogen-bond donors (Lipinski definition) is 2. The van der Waals surface area contributed by atoms with Crippen LogP contribution >= 0.6 is 0 Å². The molecule has 4 rings (SSSR count). The summed E-state index contributed by atoms with van der Waals surface area (Å²) in [6.45, 7) is 0. The number of aromatic amines is 1. The molecule has 1 heterocycles. The lowest BCUT2D eigenvalue weighted by atomic mass is 9.94. The Hall–Kier alpha value is -2.83. The molecule has 1 saturated carbocycles. The molecule has 0 unspecified atom stereocenters. The number of aromatic nitrogens is 1. The highest BCUT2D eigenvalue weighted by atomic mass is 19.2. The Kier molecular flexibility index (Phi) is 3.35. The Morgan fingerprint density at radius 3 is 2.52 bits per heavy atom. The fraction of sp³-hybridized carbons (Fsp3) is 0.167. The van der Waals surface area contributed by atoms with Gasteiger partial charge in [0.05, 0.1) is 11.1 Å². The number of nitrogens with one attached hydrogen (secondary N) is 2. The van der Waals surface area contributed by atoms with Crippen LogP contribution < -0.4 is 5.32 Å². The number of rotatable bonds is 3. The maximum absolute atomic E-state index is 13.8. The van der Waals surface area contributed by atoms with E-state index in [-0.39, 0.29) is 0 Å². The Balaban J connectivity index is 1.69. The van der Waals surface area contributed by atoms with Crippen LogP contribution in [-0.2, 0) is 10.2 Å². The van der Waals surface area contributed by atoms with Gasteiger partial charge < -0.3 is 10.3 Å². The molecule has 1 aromatic heterocycles. The molecule has 25 heavy (non-hydrogen) atoms. The lowest BCUT2D eigenvalue weighted by Crippen LogP contribution is -2.28. The number of carbonyl (C=O) groups excluding carboxylic acids is 1. The number of carbonyl (C=O) groups is 1. The van der Waals surface area contributed by atoms with Crippen molar-refractivity contribution < 1.29 is 22.4 Å². The zero-order valence-corrected chi connectivity index (χ0v) is 12.8. The van der Waals surface area contributed by atoms with Crippen molar-refractivity contribution in [3.8, 4) is 0 Å². The van der Waals surface area contributed by atoms with Crippen molar-refractivity contribution in [3.05, 3.63) is 65.4 Å². The van der Waals surface area contributed by atoms with Gasteiger partial charge in [-0.1, -0.05) is 0 Å². The van der Waals surface area contributed by atoms with Gasteiger partial charge in [-0.05, 0) is 48.7 Å². The van der Waals surface area contributed by atoms with E-state index in [4.69, 9.17) is 0 Å². The molecule has 0 radical (unpaired) electrons. The fourth-order valence-corrected chi connectivity index (χ4v) is 3.10. The van der Waals surface area contributed by atoms with E-state index in [9.17, 15) is 22.4 Å². The molecule has 1 amide bonds. The Labute approximate surface area is 139 Å². The molecule has 0 bridgehead atoms. The number of halogens is 4. The van der Waals surface area contributed by atoms with E-state index < -0.39 is 40.3 Å². The van der Waals surface area contributed by atoms with Gasteiger partial charge in [-0.2, -0.15) is 0 Å². The second-order valence-corrected chi connectivity index (χ2v) is 6.15. The second kappa shape index (κ2) is 5.34. The van der Waals surface area contributed by atoms with Crippen molar-refractivity contribution in [2.75, 3.05) is 5.32 Å². The third-order valence-corrected chi connectivity index (χ3v) is 4.63. The minimum Gasteiger partial charge on any atom is -0.361 e. The lowest BCUT2D eigenvalue weighted by Gasteiger charge is -2.15. The van der Waals surface area contributed by atoms with Crippen LogP contribution in [0.25, 0.3) is 10.9 Å². The average Bonchev–Trinajstić information content (AvgIpc) is 3.29. The summed E-state index contributed by atoms with van der Waals surface area (Å²) in [6.07, 6.45) is 2.67. The van der Waals surface area contributed by atoms with Gasteiger partial charge >= 0.3 is 0 Å². The van der Waals surface area contributed by atoms with E-state index in [1.54, 1.807) is 12.3 Å². The maximum Gasteiger partial charge on any atom is 0.235 e. The van der Waals surface area contributed by atoms with Crippen LogP contribution in [0.1, 0.15) is 18.4 Å². The standard InChI is InChI=1S/C18H12F4N2O/c19-9-1-2-10-11(8-23-14(10)7-9)18(5-6-18)17(25)24-13-4-3-12(20)15(21)16(13)22/h1-4,7-8,23H,5-6H2,(H,24,25). The van der Waals surface area contributed by atoms with Crippen LogP contribution in [0, 0.1) is 23.3 Å². The number of fused-ring (bicyclic) bond motifs is 1. The predicted molar refractivity (Wildman–Crippen MR) is 84.1 cm³/mol. The monoisotopic (exact) mass is 348 g/mol. The molecule has 0 aliphatic heterocycles. The number of amides is 1. The van der Waals surface area contributed by atoms with Crippen molar-refractivity contribution >= 4 is 22.5 Å². The number of H-pyrrole nitrogens is 1. The van der Waals surface area contributed by atoms with Crippen LogP contribution in [0.3, 0.4) is 0 Å². The summed E-state index contributed by atoms with van der Waals surface area (Å²) in [5, 5.41) is 3.03. The summed E-state index contributed by atoms with van der Waals surface area (Å²) >= 11 is 0. The lowest BCUT2D eigenvalue weighted by molar-refractivity contribution is -0.118. The van der Waals surface area contributed by atoms with Gasteiger partial charge in [-0.25, -0.2) is 17.6 Å². The van der Waals surface area contributed by atoms with Crippen molar-refractivity contribution in [3.63, 3.8) is 0 Å². The van der Waals surface area contributed by atoms with E-state index in [1.807, 2.05) is 0 Å². The Morgan fingerprint density at radius 1 is 1.04 bits per heavy atom. The normalized spacial score (nSPS) is 15.4. The van der Waals surface area contributed by atoms with Crippen molar-refractivity contribution in [2.45, 2.75) is 18.3 Å². The summed E-state index contributed by atoms with van der Waals surface area (Å²) in [5.41, 5.74) is -0.0926. The van der Waals surface area contributed by atoms with Gasteiger partial charge in [0, 0.05) is 17.1 Å². The Bertz CT molecular complexity index is 1010. The first-order valence-electron chi connectivity index (χ1n) is 7.64. The zero-order chi connectivity index (χ0) is 17.8. The smallest absolute Gasteiger partial charge is 0.235 e. The first kappa shape index (κ1) is 15.7. The first-order valence-corrected chi connectivity index (χ1v) is 7.64. The van der Waals surface area contributed by atoms with Crippen LogP contribution in [0.4, 0.5) is 23.2 Å². The maximum atomic E-state index is 13.8. The topological polar surface area (TPSA) is 44.9 Å². The molecule has 0 saturated heterocycles. The summed E-state index contributed by atoms with van der Waals surface area (Å²) in [4.78, 5) is 15.6. The van der Waals surface area contributed by atoms with Gasteiger partial charge in [-0.15, -0.1) is 0 Å². The molecule has 3 nitrogen and oxygen atoms in total. The molecule has 2 aromatic carbocycles. The molecule has 2 N–H and O–H groups in total. The van der Waals surface area contributed by atoms with Gasteiger partial charge in [0.1, 0.15) is 5.82 Å². The van der Waals surface area contributed by atoms with E-state index in [0.717, 1.165) is 12.1 Å². The van der Waals surface area contributed by atoms with Crippen molar-refractivity contribution in [2.24, 2.45) is 0 Å². The van der Waals surface area contributed by atoms with E-state index in [2.05, 4.69) is 10.3 Å². The van der Waals surface area contributed by atoms with E-state index >= 15 is 0 Å². The minimum absolute atomic E-state index is 0.404. The highest BCUT2D eigenvalue weighted by Gasteiger charge is 2.52. The number of benzene rings is 2. The summed E-state index contributed by atoms with van der Waals surface area (Å²) < 4.78 is 53.4. The first-order chi connectivity index (χ1) is 11.9. The highest BCUT2D eigenvalue weighted by Crippen LogP contribution is 2.51. The minimum atomic E-state index is -1.63. The van der Waals surface area contributed by atoms with Crippen LogP contribution in [0.2, 0.25) is 0 Å². The molecular weight excluding hydrogens is 336 g/mol. The third-order valence-electron chi connectivity index (χ3n) is 4.63. The molecule has 0 atom stereocenters. The largest absolute Gasteiger partial charge is 0.361 e. The van der Waals surface area contributed by atoms with Gasteiger partial charge in [0.25, 0.3) is 0 Å². The molecule has 1 aliphatic rings. The average molecular weight is 348 g/mol. The van der Waals surface area contributed by atoms with Crippen LogP contribution in [-0.4, -0.2) is 10.9 Å². The van der Waals surface area contributed by atoms with Crippen LogP contribution in [0.5, 0.6) is 0 Å². The number of hydrogen-bond acceptors (Lipinski definition) is 1. The van der Waals surface area contributed by atoms with Gasteiger partial charge in [0.2, 0.25) is 5.91 Å². The molecule has 128 valence electrons. The van der Waals surface area contributed by atoms with Gasteiger partial charge in [-0.3, -0.25) is 4.79 Å². The quantitative estimate of drug-likeness (QED) is 0.535. The summed E-state index contributed by atoms with van der Waals surface area (Å²) in [7, 11) is 0. The number of anilines is 1. The van der Waals surface area contributed by atoms with Crippen molar-refractivity contribution in [1.82, 2.24) is 4.98 Å². The Morgan fingerprint density at radius 2 is 1.80 bits per heavy atom. The highest BCUT2D eigenvalue weighted by molar-refractivity contribution is 6.04. The van der Waals surface area contributed by atoms with Gasteiger partial charge in [0.15, 0.2) is 17.5 Å². The molecule has 0 spiro atoms. The van der Waals surface area contributed by atoms with Crippen molar-refractivity contribution in [1.29, 1.82) is 0 Å². The van der Waals surface area contributed by atoms with E-state index in [1.165, 1.54) is 12.1 Å². The van der Waals surface area contributed by atoms with Crippen LogP contribution in [0.15, 0.2) is 36.5 Å². The summed E-state index contributed by atoms with van der Waals surface area (Å²) in [6, 6.07) is 5.92. The molecule has 1 fully saturated rings. The SMILES string of the molecule is O=C(Nc1ccc(F)c(F)c1F)C1(c2c[nH]c3cc(F)ccc23)CC1. The molecule has 7 heteroatoms. The predicted octanol–water partition coefficient (Wildman–Crippen LogP) is 4.39.